The van der Waals surface area contributed by atoms with Gasteiger partial charge in [0.25, 0.3) is 0 Å². The van der Waals surface area contributed by atoms with Gasteiger partial charge in [0.15, 0.2) is 0 Å². The summed E-state index contributed by atoms with van der Waals surface area (Å²) in [5.41, 5.74) is 5.24. The highest BCUT2D eigenvalue weighted by Crippen LogP contribution is 2.64. The number of fused-ring (bicyclic) bond motifs is 4. The molecular weight excluding hydrogens is 494 g/mol. The van der Waals surface area contributed by atoms with Crippen molar-refractivity contribution in [2.24, 2.45) is 11.3 Å². The molecule has 3 fully saturated rings. The number of halogens is 1. The number of anilines is 1. The summed E-state index contributed by atoms with van der Waals surface area (Å²) < 4.78 is 6.51. The van der Waals surface area contributed by atoms with E-state index in [1.165, 1.54) is 16.7 Å². The van der Waals surface area contributed by atoms with Gasteiger partial charge in [-0.3, -0.25) is 4.79 Å². The molecule has 0 saturated heterocycles. The molecule has 0 radical (unpaired) electrons. The Morgan fingerprint density at radius 1 is 1.13 bits per heavy atom. The molecular formula is C33H34ClNO3. The highest BCUT2D eigenvalue weighted by molar-refractivity contribution is 6.30. The van der Waals surface area contributed by atoms with Gasteiger partial charge in [0.05, 0.1) is 6.26 Å². The molecule has 5 atom stereocenters. The van der Waals surface area contributed by atoms with Crippen LogP contribution in [-0.4, -0.2) is 36.7 Å². The lowest BCUT2D eigenvalue weighted by Gasteiger charge is -2.52. The Hall–Kier alpha value is -3.00. The molecule has 2 aromatic rings. The van der Waals surface area contributed by atoms with Crippen LogP contribution in [-0.2, 0) is 9.53 Å². The van der Waals surface area contributed by atoms with Gasteiger partial charge in [-0.15, -0.1) is 0 Å². The van der Waals surface area contributed by atoms with E-state index in [9.17, 15) is 9.90 Å². The zero-order chi connectivity index (χ0) is 26.7. The van der Waals surface area contributed by atoms with E-state index in [1.54, 1.807) is 0 Å². The Morgan fingerprint density at radius 3 is 2.66 bits per heavy atom. The fourth-order valence-electron chi connectivity index (χ4n) is 7.26. The molecule has 3 saturated carbocycles. The number of benzene rings is 2. The van der Waals surface area contributed by atoms with E-state index >= 15 is 0 Å². The van der Waals surface area contributed by atoms with Crippen molar-refractivity contribution >= 4 is 23.1 Å². The zero-order valence-electron chi connectivity index (χ0n) is 22.3. The molecule has 1 aliphatic heterocycles. The summed E-state index contributed by atoms with van der Waals surface area (Å²) in [4.78, 5) is 14.4. The first kappa shape index (κ1) is 25.3. The van der Waals surface area contributed by atoms with Crippen molar-refractivity contribution in [1.82, 2.24) is 0 Å². The number of aliphatic hydroxyl groups is 1. The van der Waals surface area contributed by atoms with Gasteiger partial charge >= 0.3 is 0 Å². The molecule has 0 bridgehead atoms. The smallest absolute Gasteiger partial charge is 0.137 e. The standard InChI is InChI=1S/C33H34ClNO3/c1-32-19-28(22-7-9-25(10-8-22)35(2)3)30-27-12-11-26(36)18-23(27)20-38-31(30)29(32)14-16-33(32,37)15-13-21-5-4-6-24(34)17-21/h4-10,17,20,28-29,31,37H,11-12,14,16,18-19H2,1-3H3/t28-,29+,31+,32+,33+/m1/s1. The average molecular weight is 528 g/mol. The van der Waals surface area contributed by atoms with E-state index in [1.807, 2.05) is 44.6 Å². The van der Waals surface area contributed by atoms with Crippen LogP contribution in [0.1, 0.15) is 62.5 Å². The van der Waals surface area contributed by atoms with Crippen LogP contribution in [0.5, 0.6) is 0 Å². The lowest BCUT2D eigenvalue weighted by Crippen LogP contribution is -2.53. The molecule has 0 aromatic heterocycles. The van der Waals surface area contributed by atoms with Gasteiger partial charge in [-0.2, -0.15) is 0 Å². The minimum atomic E-state index is -1.14. The summed E-state index contributed by atoms with van der Waals surface area (Å²) in [6.45, 7) is 2.20. The summed E-state index contributed by atoms with van der Waals surface area (Å²) in [6, 6.07) is 16.2. The maximum atomic E-state index is 12.3. The summed E-state index contributed by atoms with van der Waals surface area (Å²) in [5.74, 6) is 7.03. The zero-order valence-corrected chi connectivity index (χ0v) is 23.0. The first-order chi connectivity index (χ1) is 18.2. The van der Waals surface area contributed by atoms with E-state index in [0.29, 0.717) is 24.3 Å². The normalized spacial score (nSPS) is 31.8. The molecule has 1 heterocycles. The van der Waals surface area contributed by atoms with Crippen LogP contribution in [0, 0.1) is 23.2 Å². The predicted octanol–water partition coefficient (Wildman–Crippen LogP) is 6.42. The second kappa shape index (κ2) is 9.33. The van der Waals surface area contributed by atoms with Crippen LogP contribution >= 0.6 is 11.6 Å². The van der Waals surface area contributed by atoms with Crippen LogP contribution in [0.2, 0.25) is 5.02 Å². The number of ketones is 1. The van der Waals surface area contributed by atoms with Gasteiger partial charge in [-0.25, -0.2) is 0 Å². The fourth-order valence-corrected chi connectivity index (χ4v) is 7.45. The minimum Gasteiger partial charge on any atom is -0.493 e. The second-order valence-electron chi connectivity index (χ2n) is 11.8. The Labute approximate surface area is 230 Å². The Bertz CT molecular complexity index is 1410. The van der Waals surface area contributed by atoms with Crippen molar-refractivity contribution in [3.05, 3.63) is 87.7 Å². The highest BCUT2D eigenvalue weighted by Gasteiger charge is 2.63. The van der Waals surface area contributed by atoms with Crippen molar-refractivity contribution in [3.8, 4) is 11.8 Å². The Balaban J connectivity index is 1.45. The number of allylic oxidation sites excluding steroid dienone is 2. The van der Waals surface area contributed by atoms with Gasteiger partial charge in [0.2, 0.25) is 0 Å². The van der Waals surface area contributed by atoms with E-state index in [-0.39, 0.29) is 23.7 Å². The van der Waals surface area contributed by atoms with Crippen molar-refractivity contribution in [1.29, 1.82) is 0 Å². The fraction of sp³-hybridized carbons (Fsp3) is 0.424. The van der Waals surface area contributed by atoms with Crippen molar-refractivity contribution < 1.29 is 14.6 Å². The SMILES string of the molecule is CN(C)c1ccc([C@H]2C[C@@]3(C)[C@@H](CC[C@@]3(O)C#Cc3cccc(Cl)c3)[C@@H]3OC=C4CC(=O)CCC4=C32)cc1. The number of Topliss-reactive ketones (excluding diaryl/α,β-unsaturated/α-hetero) is 1. The predicted molar refractivity (Wildman–Crippen MR) is 151 cm³/mol. The lowest BCUT2D eigenvalue weighted by molar-refractivity contribution is -0.119. The van der Waals surface area contributed by atoms with Crippen LogP contribution in [0.4, 0.5) is 5.69 Å². The summed E-state index contributed by atoms with van der Waals surface area (Å²) in [7, 11) is 4.09. The third-order valence-corrected chi connectivity index (χ3v) is 9.68. The summed E-state index contributed by atoms with van der Waals surface area (Å²) in [5, 5.41) is 12.8. The van der Waals surface area contributed by atoms with Crippen molar-refractivity contribution in [2.45, 2.75) is 63.1 Å². The molecule has 0 amide bonds. The number of hydrogen-bond donors (Lipinski definition) is 1. The Kier molecular flexibility index (Phi) is 6.21. The third kappa shape index (κ3) is 4.08. The summed E-state index contributed by atoms with van der Waals surface area (Å²) >= 11 is 6.19. The quantitative estimate of drug-likeness (QED) is 0.457. The van der Waals surface area contributed by atoms with E-state index in [4.69, 9.17) is 16.3 Å². The van der Waals surface area contributed by atoms with Crippen molar-refractivity contribution in [2.75, 3.05) is 19.0 Å². The maximum Gasteiger partial charge on any atom is 0.137 e. The largest absolute Gasteiger partial charge is 0.493 e. The van der Waals surface area contributed by atoms with Crippen LogP contribution < -0.4 is 4.90 Å². The maximum absolute atomic E-state index is 12.3. The van der Waals surface area contributed by atoms with E-state index in [0.717, 1.165) is 36.1 Å². The monoisotopic (exact) mass is 527 g/mol. The Morgan fingerprint density at radius 2 is 1.92 bits per heavy atom. The number of hydrogen-bond acceptors (Lipinski definition) is 4. The van der Waals surface area contributed by atoms with Gasteiger partial charge in [0.1, 0.15) is 17.5 Å². The number of ether oxygens (including phenoxy) is 1. The topological polar surface area (TPSA) is 49.8 Å². The first-order valence-electron chi connectivity index (χ1n) is 13.6. The third-order valence-electron chi connectivity index (χ3n) is 9.44. The van der Waals surface area contributed by atoms with Crippen LogP contribution in [0.25, 0.3) is 0 Å². The molecule has 196 valence electrons. The molecule has 1 N–H and O–H groups in total. The minimum absolute atomic E-state index is 0.0851. The number of nitrogens with zero attached hydrogens (tertiary/aromatic N) is 1. The van der Waals surface area contributed by atoms with Gasteiger partial charge in [0, 0.05) is 60.5 Å². The highest BCUT2D eigenvalue weighted by atomic mass is 35.5. The van der Waals surface area contributed by atoms with Crippen LogP contribution in [0.15, 0.2) is 71.5 Å². The molecule has 6 rings (SSSR count). The lowest BCUT2D eigenvalue weighted by atomic mass is 9.55. The molecule has 0 unspecified atom stereocenters. The van der Waals surface area contributed by atoms with Crippen molar-refractivity contribution in [3.63, 3.8) is 0 Å². The summed E-state index contributed by atoms with van der Waals surface area (Å²) in [6.07, 6.45) is 5.75. The second-order valence-corrected chi connectivity index (χ2v) is 12.2. The van der Waals surface area contributed by atoms with Gasteiger partial charge < -0.3 is 14.7 Å². The molecule has 2 aromatic carbocycles. The number of carbonyl (C=O) groups is 1. The molecule has 4 aliphatic rings. The molecule has 38 heavy (non-hydrogen) atoms. The molecule has 5 heteroatoms. The first-order valence-corrected chi connectivity index (χ1v) is 13.9. The average Bonchev–Trinajstić information content (AvgIpc) is 3.17. The molecule has 3 aliphatic carbocycles. The molecule has 4 nitrogen and oxygen atoms in total. The number of carbonyl (C=O) groups excluding carboxylic acids is 1. The number of rotatable bonds is 2. The van der Waals surface area contributed by atoms with E-state index < -0.39 is 11.0 Å². The van der Waals surface area contributed by atoms with Crippen LogP contribution in [0.3, 0.4) is 0 Å². The van der Waals surface area contributed by atoms with Gasteiger partial charge in [-0.1, -0.05) is 48.6 Å². The molecule has 0 spiro atoms. The van der Waals surface area contributed by atoms with Gasteiger partial charge in [-0.05, 0) is 78.3 Å². The van der Waals surface area contributed by atoms with E-state index in [2.05, 4.69) is 47.9 Å².